The maximum atomic E-state index is 12.6. The van der Waals surface area contributed by atoms with E-state index >= 15 is 0 Å². The Labute approximate surface area is 348 Å². The SMILES string of the molecule is CC/C=C\C/C=C\C/C=C\C/C=C\CCCCCCC(=O)OCC(COCCCCCCCCCCCCCCCCCC)OC(=O)CCCCCCCCC. The van der Waals surface area contributed by atoms with Crippen molar-refractivity contribution in [2.45, 2.75) is 245 Å². The molecule has 5 heteroatoms. The van der Waals surface area contributed by atoms with Crippen LogP contribution in [0.15, 0.2) is 48.6 Å². The molecule has 0 saturated heterocycles. The zero-order chi connectivity index (χ0) is 40.7. The number of allylic oxidation sites excluding steroid dienone is 8. The number of rotatable bonds is 44. The Bertz CT molecular complexity index is 935. The number of esters is 2. The van der Waals surface area contributed by atoms with Crippen molar-refractivity contribution in [2.75, 3.05) is 19.8 Å². The second-order valence-electron chi connectivity index (χ2n) is 16.0. The van der Waals surface area contributed by atoms with Gasteiger partial charge in [0.05, 0.1) is 6.61 Å². The molecule has 326 valence electrons. The number of carbonyl (C=O) groups excluding carboxylic acids is 2. The van der Waals surface area contributed by atoms with Crippen molar-refractivity contribution < 1.29 is 23.8 Å². The van der Waals surface area contributed by atoms with E-state index in [-0.39, 0.29) is 25.2 Å². The first kappa shape index (κ1) is 53.9. The van der Waals surface area contributed by atoms with Crippen molar-refractivity contribution in [3.8, 4) is 0 Å². The number of hydrogen-bond donors (Lipinski definition) is 0. The molecule has 0 bridgehead atoms. The molecule has 5 nitrogen and oxygen atoms in total. The zero-order valence-electron chi connectivity index (χ0n) is 37.4. The lowest BCUT2D eigenvalue weighted by Gasteiger charge is -2.18. The average molecular weight is 785 g/mol. The van der Waals surface area contributed by atoms with Gasteiger partial charge in [-0.3, -0.25) is 9.59 Å². The molecular formula is C51H92O5. The molecule has 1 atom stereocenters. The Morgan fingerprint density at radius 1 is 0.411 bits per heavy atom. The third-order valence-electron chi connectivity index (χ3n) is 10.4. The highest BCUT2D eigenvalue weighted by Crippen LogP contribution is 2.15. The van der Waals surface area contributed by atoms with E-state index in [9.17, 15) is 9.59 Å². The van der Waals surface area contributed by atoms with Crippen molar-refractivity contribution >= 4 is 11.9 Å². The molecule has 56 heavy (non-hydrogen) atoms. The van der Waals surface area contributed by atoms with Crippen LogP contribution in [-0.2, 0) is 23.8 Å². The lowest BCUT2D eigenvalue weighted by Crippen LogP contribution is -2.30. The van der Waals surface area contributed by atoms with Gasteiger partial charge in [-0.25, -0.2) is 0 Å². The van der Waals surface area contributed by atoms with E-state index in [1.165, 1.54) is 128 Å². The lowest BCUT2D eigenvalue weighted by molar-refractivity contribution is -0.163. The molecule has 0 aromatic heterocycles. The molecule has 0 aliphatic rings. The Hall–Kier alpha value is -2.14. The van der Waals surface area contributed by atoms with Gasteiger partial charge >= 0.3 is 11.9 Å². The van der Waals surface area contributed by atoms with Crippen molar-refractivity contribution in [2.24, 2.45) is 0 Å². The number of hydrogen-bond acceptors (Lipinski definition) is 5. The predicted octanol–water partition coefficient (Wildman–Crippen LogP) is 16.0. The quantitative estimate of drug-likeness (QED) is 0.0350. The Balaban J connectivity index is 4.15. The minimum absolute atomic E-state index is 0.0758. The molecule has 0 amide bonds. The Kier molecular flexibility index (Phi) is 45.4. The Morgan fingerprint density at radius 2 is 0.804 bits per heavy atom. The second-order valence-corrected chi connectivity index (χ2v) is 16.0. The second kappa shape index (κ2) is 47.2. The van der Waals surface area contributed by atoms with Crippen LogP contribution in [0.4, 0.5) is 0 Å². The molecule has 0 aliphatic heterocycles. The van der Waals surface area contributed by atoms with Gasteiger partial charge in [0, 0.05) is 19.4 Å². The van der Waals surface area contributed by atoms with Gasteiger partial charge in [-0.1, -0.05) is 217 Å². The summed E-state index contributed by atoms with van der Waals surface area (Å²) in [4.78, 5) is 25.2. The van der Waals surface area contributed by atoms with Crippen molar-refractivity contribution in [3.05, 3.63) is 48.6 Å². The van der Waals surface area contributed by atoms with E-state index < -0.39 is 6.10 Å². The normalized spacial score (nSPS) is 12.6. The number of unbranched alkanes of at least 4 members (excludes halogenated alkanes) is 25. The third-order valence-corrected chi connectivity index (χ3v) is 10.4. The highest BCUT2D eigenvalue weighted by molar-refractivity contribution is 5.70. The summed E-state index contributed by atoms with van der Waals surface area (Å²) in [6.07, 6.45) is 57.0. The van der Waals surface area contributed by atoms with Gasteiger partial charge in [-0.05, 0) is 57.8 Å². The van der Waals surface area contributed by atoms with E-state index in [0.29, 0.717) is 19.4 Å². The summed E-state index contributed by atoms with van der Waals surface area (Å²) in [5.74, 6) is -0.422. The summed E-state index contributed by atoms with van der Waals surface area (Å²) < 4.78 is 17.3. The summed E-state index contributed by atoms with van der Waals surface area (Å²) in [7, 11) is 0. The number of carbonyl (C=O) groups is 2. The minimum atomic E-state index is -0.539. The van der Waals surface area contributed by atoms with Crippen LogP contribution in [0, 0.1) is 0 Å². The number of ether oxygens (including phenoxy) is 3. The maximum Gasteiger partial charge on any atom is 0.306 e. The highest BCUT2D eigenvalue weighted by Gasteiger charge is 2.17. The summed E-state index contributed by atoms with van der Waals surface area (Å²) in [5.41, 5.74) is 0. The van der Waals surface area contributed by atoms with Gasteiger partial charge < -0.3 is 14.2 Å². The summed E-state index contributed by atoms with van der Waals surface area (Å²) in [6.45, 7) is 7.68. The van der Waals surface area contributed by atoms with Crippen molar-refractivity contribution in [3.63, 3.8) is 0 Å². The van der Waals surface area contributed by atoms with E-state index in [4.69, 9.17) is 14.2 Å². The fraction of sp³-hybridized carbons (Fsp3) is 0.804. The molecule has 0 spiro atoms. The van der Waals surface area contributed by atoms with Crippen molar-refractivity contribution in [1.29, 1.82) is 0 Å². The predicted molar refractivity (Wildman–Crippen MR) is 242 cm³/mol. The molecule has 0 fully saturated rings. The topological polar surface area (TPSA) is 61.8 Å². The first-order chi connectivity index (χ1) is 27.6. The van der Waals surface area contributed by atoms with Gasteiger partial charge in [-0.2, -0.15) is 0 Å². The van der Waals surface area contributed by atoms with Gasteiger partial charge in [0.15, 0.2) is 6.10 Å². The summed E-state index contributed by atoms with van der Waals surface area (Å²) >= 11 is 0. The van der Waals surface area contributed by atoms with Crippen LogP contribution in [-0.4, -0.2) is 37.9 Å². The van der Waals surface area contributed by atoms with Crippen LogP contribution in [0.3, 0.4) is 0 Å². The molecule has 0 aromatic carbocycles. The van der Waals surface area contributed by atoms with E-state index in [0.717, 1.165) is 77.0 Å². The molecule has 0 N–H and O–H groups in total. The monoisotopic (exact) mass is 785 g/mol. The molecule has 0 saturated carbocycles. The van der Waals surface area contributed by atoms with Crippen LogP contribution in [0.5, 0.6) is 0 Å². The van der Waals surface area contributed by atoms with Gasteiger partial charge in [-0.15, -0.1) is 0 Å². The van der Waals surface area contributed by atoms with E-state index in [2.05, 4.69) is 69.4 Å². The van der Waals surface area contributed by atoms with Crippen molar-refractivity contribution in [1.82, 2.24) is 0 Å². The van der Waals surface area contributed by atoms with Gasteiger partial charge in [0.2, 0.25) is 0 Å². The van der Waals surface area contributed by atoms with E-state index in [1.807, 2.05) is 0 Å². The smallest absolute Gasteiger partial charge is 0.306 e. The molecule has 0 rings (SSSR count). The fourth-order valence-electron chi connectivity index (χ4n) is 6.80. The van der Waals surface area contributed by atoms with Crippen LogP contribution in [0.1, 0.15) is 239 Å². The molecule has 0 heterocycles. The third kappa shape index (κ3) is 44.6. The van der Waals surface area contributed by atoms with Crippen LogP contribution in [0.25, 0.3) is 0 Å². The summed E-state index contributed by atoms with van der Waals surface area (Å²) in [5, 5.41) is 0. The van der Waals surface area contributed by atoms with Crippen LogP contribution >= 0.6 is 0 Å². The van der Waals surface area contributed by atoms with E-state index in [1.54, 1.807) is 0 Å². The van der Waals surface area contributed by atoms with Crippen LogP contribution in [0.2, 0.25) is 0 Å². The molecular weight excluding hydrogens is 693 g/mol. The average Bonchev–Trinajstić information content (AvgIpc) is 3.20. The van der Waals surface area contributed by atoms with Gasteiger partial charge in [0.25, 0.3) is 0 Å². The maximum absolute atomic E-state index is 12.6. The first-order valence-electron chi connectivity index (χ1n) is 24.2. The van der Waals surface area contributed by atoms with Crippen LogP contribution < -0.4 is 0 Å². The highest BCUT2D eigenvalue weighted by atomic mass is 16.6. The minimum Gasteiger partial charge on any atom is -0.462 e. The Morgan fingerprint density at radius 3 is 1.29 bits per heavy atom. The summed E-state index contributed by atoms with van der Waals surface area (Å²) in [6, 6.07) is 0. The molecule has 0 aliphatic carbocycles. The molecule has 1 unspecified atom stereocenters. The standard InChI is InChI=1S/C51H92O5/c1-4-7-10-13-16-18-20-22-24-26-27-29-31-33-36-38-41-44-50(52)55-48-49(56-51(53)45-42-39-35-15-12-9-6-3)47-54-46-43-40-37-34-32-30-28-25-23-21-19-17-14-11-8-5-2/h7,10,16,18,22,24,27,29,49H,4-6,8-9,11-15,17,19-21,23,25-26,28,30-48H2,1-3H3/b10-7-,18-16-,24-22-,29-27-. The van der Waals surface area contributed by atoms with Gasteiger partial charge in [0.1, 0.15) is 6.61 Å². The fourth-order valence-corrected chi connectivity index (χ4v) is 6.80. The lowest BCUT2D eigenvalue weighted by atomic mass is 10.0. The molecule has 0 radical (unpaired) electrons. The molecule has 0 aromatic rings. The largest absolute Gasteiger partial charge is 0.462 e. The first-order valence-corrected chi connectivity index (χ1v) is 24.2. The zero-order valence-corrected chi connectivity index (χ0v) is 37.4.